The number of hydrogen-bond donors (Lipinski definition) is 1. The zero-order valence-corrected chi connectivity index (χ0v) is 20.3. The highest BCUT2D eigenvalue weighted by molar-refractivity contribution is 6.26. The molecule has 1 atom stereocenters. The fourth-order valence-corrected chi connectivity index (χ4v) is 5.31. The average molecular weight is 470 g/mol. The van der Waals surface area contributed by atoms with Gasteiger partial charge < -0.3 is 10.2 Å². The van der Waals surface area contributed by atoms with E-state index in [1.807, 2.05) is 61.5 Å². The lowest BCUT2D eigenvalue weighted by atomic mass is 10.1. The van der Waals surface area contributed by atoms with Crippen molar-refractivity contribution in [3.63, 3.8) is 0 Å². The van der Waals surface area contributed by atoms with Gasteiger partial charge in [-0.3, -0.25) is 19.3 Å². The van der Waals surface area contributed by atoms with Crippen LogP contribution in [-0.4, -0.2) is 41.2 Å². The van der Waals surface area contributed by atoms with Crippen molar-refractivity contribution in [1.82, 2.24) is 10.2 Å². The fourth-order valence-electron chi connectivity index (χ4n) is 5.31. The highest BCUT2D eigenvalue weighted by Gasteiger charge is 2.34. The molecule has 180 valence electrons. The molecule has 6 heteroatoms. The molecule has 1 heterocycles. The van der Waals surface area contributed by atoms with E-state index in [1.165, 1.54) is 0 Å². The normalized spacial score (nSPS) is 16.1. The number of benzene rings is 3. The smallest absolute Gasteiger partial charge is 0.259 e. The number of amides is 3. The summed E-state index contributed by atoms with van der Waals surface area (Å²) in [6.07, 6.45) is 4.20. The van der Waals surface area contributed by atoms with Gasteiger partial charge in [-0.1, -0.05) is 61.4 Å². The van der Waals surface area contributed by atoms with E-state index < -0.39 is 6.04 Å². The summed E-state index contributed by atoms with van der Waals surface area (Å²) in [4.78, 5) is 43.4. The van der Waals surface area contributed by atoms with Crippen LogP contribution in [0.4, 0.5) is 5.69 Å². The first-order valence-corrected chi connectivity index (χ1v) is 12.4. The van der Waals surface area contributed by atoms with E-state index in [-0.39, 0.29) is 30.3 Å². The summed E-state index contributed by atoms with van der Waals surface area (Å²) in [6, 6.07) is 18.8. The van der Waals surface area contributed by atoms with Crippen molar-refractivity contribution in [3.8, 4) is 0 Å². The highest BCUT2D eigenvalue weighted by Crippen LogP contribution is 2.37. The summed E-state index contributed by atoms with van der Waals surface area (Å²) in [5, 5.41) is 4.99. The predicted molar refractivity (Wildman–Crippen MR) is 137 cm³/mol. The first-order chi connectivity index (χ1) is 16.9. The minimum absolute atomic E-state index is 0.112. The molecule has 0 aromatic heterocycles. The Balaban J connectivity index is 1.41. The van der Waals surface area contributed by atoms with Gasteiger partial charge in [-0.2, -0.15) is 0 Å². The van der Waals surface area contributed by atoms with Gasteiger partial charge in [-0.05, 0) is 55.3 Å². The quantitative estimate of drug-likeness (QED) is 0.551. The first-order valence-electron chi connectivity index (χ1n) is 12.4. The molecule has 1 N–H and O–H groups in total. The Hall–Kier alpha value is -3.67. The van der Waals surface area contributed by atoms with Crippen LogP contribution in [-0.2, 0) is 16.1 Å². The Labute approximate surface area is 205 Å². The maximum atomic E-state index is 13.8. The van der Waals surface area contributed by atoms with Gasteiger partial charge in [-0.15, -0.1) is 0 Å². The molecule has 3 aromatic rings. The Bertz CT molecular complexity index is 1290. The number of nitrogens with one attached hydrogen (secondary N) is 1. The fraction of sp³-hybridized carbons (Fsp3) is 0.345. The van der Waals surface area contributed by atoms with Crippen molar-refractivity contribution in [2.75, 3.05) is 11.4 Å². The number of hydrogen-bond acceptors (Lipinski definition) is 3. The molecule has 5 rings (SSSR count). The van der Waals surface area contributed by atoms with Crippen molar-refractivity contribution in [2.24, 2.45) is 0 Å². The monoisotopic (exact) mass is 469 g/mol. The van der Waals surface area contributed by atoms with Crippen LogP contribution in [0.2, 0.25) is 0 Å². The predicted octanol–water partition coefficient (Wildman–Crippen LogP) is 4.58. The topological polar surface area (TPSA) is 69.7 Å². The summed E-state index contributed by atoms with van der Waals surface area (Å²) < 4.78 is 0. The van der Waals surface area contributed by atoms with Gasteiger partial charge in [0.1, 0.15) is 12.6 Å². The maximum Gasteiger partial charge on any atom is 0.259 e. The Morgan fingerprint density at radius 3 is 2.49 bits per heavy atom. The Morgan fingerprint density at radius 1 is 1.03 bits per heavy atom. The zero-order chi connectivity index (χ0) is 24.5. The van der Waals surface area contributed by atoms with Crippen LogP contribution < -0.4 is 10.2 Å². The number of carbonyl (C=O) groups excluding carboxylic acids is 3. The standard InChI is InChI=1S/C29H31N3O3/c1-19-9-3-4-10-22(19)17-31(20(2)28(34)30-23-13-5-6-14-23)26(33)18-32-25-16-8-12-21-11-7-15-24(27(21)25)29(32)35/h3-4,7-12,15-16,20,23H,5-6,13-14,17-18H2,1-2H3,(H,30,34). The van der Waals surface area contributed by atoms with Crippen LogP contribution in [0, 0.1) is 6.92 Å². The third-order valence-electron chi connectivity index (χ3n) is 7.41. The zero-order valence-electron chi connectivity index (χ0n) is 20.3. The lowest BCUT2D eigenvalue weighted by molar-refractivity contribution is -0.139. The second-order valence-corrected chi connectivity index (χ2v) is 9.69. The molecule has 1 aliphatic heterocycles. The molecular weight excluding hydrogens is 438 g/mol. The molecule has 35 heavy (non-hydrogen) atoms. The molecule has 0 bridgehead atoms. The number of nitrogens with zero attached hydrogens (tertiary/aromatic N) is 2. The summed E-state index contributed by atoms with van der Waals surface area (Å²) >= 11 is 0. The van der Waals surface area contributed by atoms with E-state index in [9.17, 15) is 14.4 Å². The molecule has 1 fully saturated rings. The van der Waals surface area contributed by atoms with Crippen LogP contribution in [0.25, 0.3) is 10.8 Å². The van der Waals surface area contributed by atoms with Gasteiger partial charge in [0.2, 0.25) is 11.8 Å². The van der Waals surface area contributed by atoms with E-state index in [0.717, 1.165) is 53.3 Å². The minimum atomic E-state index is -0.654. The number of rotatable bonds is 7. The van der Waals surface area contributed by atoms with Crippen LogP contribution in [0.1, 0.15) is 54.1 Å². The minimum Gasteiger partial charge on any atom is -0.352 e. The lowest BCUT2D eigenvalue weighted by Crippen LogP contribution is -2.52. The SMILES string of the molecule is Cc1ccccc1CN(C(=O)CN1C(=O)c2cccc3cccc1c23)C(C)C(=O)NC1CCCC1. The molecule has 0 saturated heterocycles. The van der Waals surface area contributed by atoms with E-state index in [4.69, 9.17) is 0 Å². The second-order valence-electron chi connectivity index (χ2n) is 9.69. The van der Waals surface area contributed by atoms with Crippen molar-refractivity contribution in [1.29, 1.82) is 0 Å². The molecule has 3 aromatic carbocycles. The summed E-state index contributed by atoms with van der Waals surface area (Å²) in [5.74, 6) is -0.568. The Morgan fingerprint density at radius 2 is 1.74 bits per heavy atom. The molecule has 1 unspecified atom stereocenters. The molecule has 0 radical (unpaired) electrons. The first kappa shape index (κ1) is 23.1. The van der Waals surface area contributed by atoms with Crippen LogP contribution in [0.5, 0.6) is 0 Å². The van der Waals surface area contributed by atoms with Crippen LogP contribution in [0.3, 0.4) is 0 Å². The van der Waals surface area contributed by atoms with E-state index in [2.05, 4.69) is 5.32 Å². The number of carbonyl (C=O) groups is 3. The maximum absolute atomic E-state index is 13.8. The lowest BCUT2D eigenvalue weighted by Gasteiger charge is -2.31. The van der Waals surface area contributed by atoms with Crippen molar-refractivity contribution < 1.29 is 14.4 Å². The second kappa shape index (κ2) is 9.53. The van der Waals surface area contributed by atoms with Gasteiger partial charge in [0.05, 0.1) is 5.69 Å². The van der Waals surface area contributed by atoms with Crippen molar-refractivity contribution in [2.45, 2.75) is 58.2 Å². The molecular formula is C29H31N3O3. The van der Waals surface area contributed by atoms with Gasteiger partial charge in [-0.25, -0.2) is 0 Å². The van der Waals surface area contributed by atoms with Crippen LogP contribution in [0.15, 0.2) is 60.7 Å². The van der Waals surface area contributed by atoms with Crippen molar-refractivity contribution in [3.05, 3.63) is 77.4 Å². The largest absolute Gasteiger partial charge is 0.352 e. The third kappa shape index (κ3) is 4.41. The molecule has 6 nitrogen and oxygen atoms in total. The van der Waals surface area contributed by atoms with Gasteiger partial charge >= 0.3 is 0 Å². The molecule has 0 spiro atoms. The van der Waals surface area contributed by atoms with Gasteiger partial charge in [0, 0.05) is 23.5 Å². The van der Waals surface area contributed by atoms with E-state index in [1.54, 1.807) is 22.8 Å². The molecule has 3 amide bonds. The highest BCUT2D eigenvalue weighted by atomic mass is 16.2. The molecule has 1 saturated carbocycles. The van der Waals surface area contributed by atoms with Crippen LogP contribution >= 0.6 is 0 Å². The third-order valence-corrected chi connectivity index (χ3v) is 7.41. The van der Waals surface area contributed by atoms with Gasteiger partial charge in [0.15, 0.2) is 0 Å². The summed E-state index contributed by atoms with van der Waals surface area (Å²) in [6.45, 7) is 3.98. The summed E-state index contributed by atoms with van der Waals surface area (Å²) in [5.41, 5.74) is 3.40. The Kier molecular flexibility index (Phi) is 6.29. The van der Waals surface area contributed by atoms with Gasteiger partial charge in [0.25, 0.3) is 5.91 Å². The van der Waals surface area contributed by atoms with Crippen molar-refractivity contribution >= 4 is 34.2 Å². The number of anilines is 1. The van der Waals surface area contributed by atoms with E-state index in [0.29, 0.717) is 12.1 Å². The summed E-state index contributed by atoms with van der Waals surface area (Å²) in [7, 11) is 0. The molecule has 1 aliphatic carbocycles. The average Bonchev–Trinajstić information content (AvgIpc) is 3.47. The molecule has 2 aliphatic rings. The van der Waals surface area contributed by atoms with E-state index >= 15 is 0 Å². The number of aryl methyl sites for hydroxylation is 1.